The Bertz CT molecular complexity index is 700. The average molecular weight is 418 g/mol. The summed E-state index contributed by atoms with van der Waals surface area (Å²) in [4.78, 5) is 14.3. The lowest BCUT2D eigenvalue weighted by Gasteiger charge is -2.26. The van der Waals surface area contributed by atoms with Gasteiger partial charge in [0.2, 0.25) is 10.0 Å². The van der Waals surface area contributed by atoms with Gasteiger partial charge in [0.1, 0.15) is 0 Å². The number of hydrogen-bond donors (Lipinski definition) is 2. The van der Waals surface area contributed by atoms with Crippen molar-refractivity contribution in [3.05, 3.63) is 29.8 Å². The zero-order valence-electron chi connectivity index (χ0n) is 15.4. The van der Waals surface area contributed by atoms with Crippen LogP contribution in [0, 0.1) is 5.92 Å². The zero-order valence-corrected chi connectivity index (χ0v) is 17.0. The molecule has 9 heteroatoms. The van der Waals surface area contributed by atoms with Crippen LogP contribution < -0.4 is 10.0 Å². The second-order valence-corrected chi connectivity index (χ2v) is 8.59. The Hall–Kier alpha value is -1.19. The van der Waals surface area contributed by atoms with E-state index in [1.165, 1.54) is 12.1 Å². The number of nitrogens with one attached hydrogen (secondary N) is 2. The summed E-state index contributed by atoms with van der Waals surface area (Å²) in [5.41, 5.74) is 0.499. The summed E-state index contributed by atoms with van der Waals surface area (Å²) < 4.78 is 32.7. The van der Waals surface area contributed by atoms with Crippen molar-refractivity contribution >= 4 is 28.3 Å². The molecule has 1 aromatic rings. The lowest BCUT2D eigenvalue weighted by molar-refractivity contribution is 0.0303. The third-order valence-corrected chi connectivity index (χ3v) is 6.43. The first-order valence-electron chi connectivity index (χ1n) is 9.24. The summed E-state index contributed by atoms with van der Waals surface area (Å²) in [6, 6.07) is 6.16. The maximum atomic E-state index is 12.4. The minimum Gasteiger partial charge on any atom is -0.378 e. The SMILES string of the molecule is Cl.O=C(c1ccc(S(=O)(=O)NCCC2CCCNC2)cc1)N1CCOCC1. The highest BCUT2D eigenvalue weighted by molar-refractivity contribution is 7.89. The van der Waals surface area contributed by atoms with Gasteiger partial charge in [-0.3, -0.25) is 4.79 Å². The van der Waals surface area contributed by atoms with Crippen molar-refractivity contribution in [1.29, 1.82) is 0 Å². The Labute approximate surface area is 167 Å². The number of morpholine rings is 1. The van der Waals surface area contributed by atoms with Crippen molar-refractivity contribution in [2.24, 2.45) is 5.92 Å². The van der Waals surface area contributed by atoms with Gasteiger partial charge in [-0.15, -0.1) is 12.4 Å². The quantitative estimate of drug-likeness (QED) is 0.727. The standard InChI is InChI=1S/C18H27N3O4S.ClH/c22-18(21-10-12-25-13-11-21)16-3-5-17(6-4-16)26(23,24)20-9-7-15-2-1-8-19-14-15;/h3-6,15,19-20H,1-2,7-14H2;1H. The molecule has 1 atom stereocenters. The van der Waals surface area contributed by atoms with Crippen LogP contribution in [-0.4, -0.2) is 65.2 Å². The molecule has 2 aliphatic rings. The topological polar surface area (TPSA) is 87.7 Å². The Morgan fingerprint density at radius 2 is 1.93 bits per heavy atom. The van der Waals surface area contributed by atoms with E-state index < -0.39 is 10.0 Å². The summed E-state index contributed by atoms with van der Waals surface area (Å²) >= 11 is 0. The molecule has 2 aliphatic heterocycles. The number of nitrogens with zero attached hydrogens (tertiary/aromatic N) is 1. The smallest absolute Gasteiger partial charge is 0.254 e. The molecule has 1 amide bonds. The van der Waals surface area contributed by atoms with Crippen LogP contribution in [0.1, 0.15) is 29.6 Å². The van der Waals surface area contributed by atoms with E-state index in [0.717, 1.165) is 32.4 Å². The van der Waals surface area contributed by atoms with Gasteiger partial charge in [-0.2, -0.15) is 0 Å². The number of hydrogen-bond acceptors (Lipinski definition) is 5. The van der Waals surface area contributed by atoms with Crippen LogP contribution in [0.4, 0.5) is 0 Å². The van der Waals surface area contributed by atoms with Gasteiger partial charge in [0.05, 0.1) is 18.1 Å². The van der Waals surface area contributed by atoms with Gasteiger partial charge in [-0.1, -0.05) is 0 Å². The lowest BCUT2D eigenvalue weighted by atomic mass is 9.96. The zero-order chi connectivity index (χ0) is 18.4. The second-order valence-electron chi connectivity index (χ2n) is 6.83. The van der Waals surface area contributed by atoms with Crippen molar-refractivity contribution in [1.82, 2.24) is 14.9 Å². The van der Waals surface area contributed by atoms with Crippen LogP contribution in [0.25, 0.3) is 0 Å². The number of benzene rings is 1. The third-order valence-electron chi connectivity index (χ3n) is 4.95. The number of carbonyl (C=O) groups is 1. The molecule has 0 saturated carbocycles. The van der Waals surface area contributed by atoms with Crippen LogP contribution in [0.15, 0.2) is 29.2 Å². The van der Waals surface area contributed by atoms with Gasteiger partial charge >= 0.3 is 0 Å². The summed E-state index contributed by atoms with van der Waals surface area (Å²) in [6.07, 6.45) is 3.13. The summed E-state index contributed by atoms with van der Waals surface area (Å²) in [6.45, 7) is 4.66. The average Bonchev–Trinajstić information content (AvgIpc) is 2.69. The number of halogens is 1. The van der Waals surface area contributed by atoms with Crippen LogP contribution in [0.3, 0.4) is 0 Å². The van der Waals surface area contributed by atoms with E-state index in [2.05, 4.69) is 10.0 Å². The van der Waals surface area contributed by atoms with E-state index in [4.69, 9.17) is 4.74 Å². The first kappa shape index (κ1) is 22.1. The molecule has 1 aromatic carbocycles. The van der Waals surface area contributed by atoms with Crippen LogP contribution in [0.5, 0.6) is 0 Å². The molecule has 0 aromatic heterocycles. The Balaban J connectivity index is 0.00000261. The number of carbonyl (C=O) groups excluding carboxylic acids is 1. The predicted molar refractivity (Wildman–Crippen MR) is 106 cm³/mol. The fourth-order valence-corrected chi connectivity index (χ4v) is 4.42. The van der Waals surface area contributed by atoms with Crippen LogP contribution in [0.2, 0.25) is 0 Å². The first-order chi connectivity index (χ1) is 12.6. The van der Waals surface area contributed by atoms with E-state index in [-0.39, 0.29) is 23.2 Å². The van der Waals surface area contributed by atoms with E-state index in [9.17, 15) is 13.2 Å². The Morgan fingerprint density at radius 1 is 1.22 bits per heavy atom. The normalized spacial score (nSPS) is 20.7. The van der Waals surface area contributed by atoms with E-state index in [1.54, 1.807) is 17.0 Å². The minimum atomic E-state index is -3.54. The number of sulfonamides is 1. The highest BCUT2D eigenvalue weighted by atomic mass is 35.5. The van der Waals surface area contributed by atoms with Gasteiger partial charge in [0.15, 0.2) is 0 Å². The molecule has 0 aliphatic carbocycles. The molecule has 0 bridgehead atoms. The molecule has 0 spiro atoms. The Morgan fingerprint density at radius 3 is 2.56 bits per heavy atom. The van der Waals surface area contributed by atoms with Gasteiger partial charge in [0.25, 0.3) is 5.91 Å². The number of amides is 1. The van der Waals surface area contributed by atoms with Crippen molar-refractivity contribution < 1.29 is 17.9 Å². The van der Waals surface area contributed by atoms with E-state index in [1.807, 2.05) is 0 Å². The summed E-state index contributed by atoms with van der Waals surface area (Å²) in [5, 5.41) is 3.34. The summed E-state index contributed by atoms with van der Waals surface area (Å²) in [7, 11) is -3.54. The van der Waals surface area contributed by atoms with Crippen molar-refractivity contribution in [3.8, 4) is 0 Å². The molecule has 2 saturated heterocycles. The van der Waals surface area contributed by atoms with Gasteiger partial charge in [-0.05, 0) is 62.5 Å². The monoisotopic (exact) mass is 417 g/mol. The van der Waals surface area contributed by atoms with Gasteiger partial charge in [-0.25, -0.2) is 13.1 Å². The third kappa shape index (κ3) is 6.15. The molecule has 1 unspecified atom stereocenters. The molecule has 0 radical (unpaired) electrons. The van der Waals surface area contributed by atoms with Crippen LogP contribution >= 0.6 is 12.4 Å². The van der Waals surface area contributed by atoms with E-state index >= 15 is 0 Å². The predicted octanol–water partition coefficient (Wildman–Crippen LogP) is 1.25. The molecule has 2 fully saturated rings. The second kappa shape index (κ2) is 10.4. The van der Waals surface area contributed by atoms with Crippen LogP contribution in [-0.2, 0) is 14.8 Å². The van der Waals surface area contributed by atoms with E-state index in [0.29, 0.717) is 44.3 Å². The maximum Gasteiger partial charge on any atom is 0.254 e. The first-order valence-corrected chi connectivity index (χ1v) is 10.7. The highest BCUT2D eigenvalue weighted by Gasteiger charge is 2.20. The number of ether oxygens (including phenoxy) is 1. The van der Waals surface area contributed by atoms with Gasteiger partial charge in [0, 0.05) is 25.2 Å². The fraction of sp³-hybridized carbons (Fsp3) is 0.611. The molecule has 2 heterocycles. The largest absolute Gasteiger partial charge is 0.378 e. The lowest BCUT2D eigenvalue weighted by Crippen LogP contribution is -2.40. The van der Waals surface area contributed by atoms with Crippen molar-refractivity contribution in [2.75, 3.05) is 45.9 Å². The summed E-state index contributed by atoms with van der Waals surface area (Å²) in [5.74, 6) is 0.440. The van der Waals surface area contributed by atoms with Crippen molar-refractivity contribution in [3.63, 3.8) is 0 Å². The highest BCUT2D eigenvalue weighted by Crippen LogP contribution is 2.15. The Kier molecular flexibility index (Phi) is 8.50. The number of rotatable bonds is 6. The molecule has 7 nitrogen and oxygen atoms in total. The van der Waals surface area contributed by atoms with Crippen molar-refractivity contribution in [2.45, 2.75) is 24.2 Å². The molecule has 2 N–H and O–H groups in total. The molecular formula is C18H28ClN3O4S. The fourth-order valence-electron chi connectivity index (χ4n) is 3.38. The number of piperidine rings is 1. The molecular weight excluding hydrogens is 390 g/mol. The molecule has 27 heavy (non-hydrogen) atoms. The molecule has 152 valence electrons. The minimum absolute atomic E-state index is 0. The molecule has 3 rings (SSSR count). The van der Waals surface area contributed by atoms with Gasteiger partial charge < -0.3 is 15.0 Å². The maximum absolute atomic E-state index is 12.4.